The summed E-state index contributed by atoms with van der Waals surface area (Å²) in [5.41, 5.74) is -6.25. The molecule has 8 atom stereocenters. The molecule has 1 unspecified atom stereocenters. The molecule has 0 heterocycles. The first-order valence-electron chi connectivity index (χ1n) is 16.1. The van der Waals surface area contributed by atoms with E-state index in [0.717, 1.165) is 13.8 Å². The van der Waals surface area contributed by atoms with E-state index >= 15 is 0 Å². The molecule has 266 valence electrons. The highest BCUT2D eigenvalue weighted by Crippen LogP contribution is 2.52. The predicted octanol–water partition coefficient (Wildman–Crippen LogP) is 3.73. The monoisotopic (exact) mass is 690 g/mol. The lowest BCUT2D eigenvalue weighted by molar-refractivity contribution is -0.182. The molecule has 0 aliphatic heterocycles. The maximum atomic E-state index is 14.7. The maximum Gasteiger partial charge on any atom is 0.338 e. The van der Waals surface area contributed by atoms with E-state index in [1.165, 1.54) is 64.1 Å². The zero-order chi connectivity index (χ0) is 37.2. The second-order valence-electron chi connectivity index (χ2n) is 13.6. The molecular formula is C38H42O12. The second-order valence-corrected chi connectivity index (χ2v) is 13.6. The van der Waals surface area contributed by atoms with E-state index in [0.29, 0.717) is 0 Å². The first-order valence-corrected chi connectivity index (χ1v) is 16.1. The third-order valence-corrected chi connectivity index (χ3v) is 9.08. The Bertz CT molecular complexity index is 1690. The van der Waals surface area contributed by atoms with Gasteiger partial charge in [0.1, 0.15) is 17.8 Å². The molecular weight excluding hydrogens is 648 g/mol. The van der Waals surface area contributed by atoms with Gasteiger partial charge in [-0.3, -0.25) is 19.2 Å². The third-order valence-electron chi connectivity index (χ3n) is 9.08. The summed E-state index contributed by atoms with van der Waals surface area (Å²) in [6.07, 6.45) is -5.51. The third kappa shape index (κ3) is 7.61. The fourth-order valence-corrected chi connectivity index (χ4v) is 6.68. The zero-order valence-corrected chi connectivity index (χ0v) is 28.8. The van der Waals surface area contributed by atoms with E-state index in [9.17, 15) is 39.0 Å². The number of hydrogen-bond donors (Lipinski definition) is 2. The molecule has 2 aromatic carbocycles. The summed E-state index contributed by atoms with van der Waals surface area (Å²) >= 11 is 0. The van der Waals surface area contributed by atoms with Crippen LogP contribution in [0.2, 0.25) is 0 Å². The van der Waals surface area contributed by atoms with Crippen LogP contribution in [-0.4, -0.2) is 81.3 Å². The second kappa shape index (κ2) is 14.5. The van der Waals surface area contributed by atoms with Crippen LogP contribution in [0.3, 0.4) is 0 Å². The Balaban J connectivity index is 2.06. The normalized spacial score (nSPS) is 31.6. The van der Waals surface area contributed by atoms with Crippen molar-refractivity contribution in [3.8, 4) is 0 Å². The first kappa shape index (κ1) is 37.9. The average molecular weight is 691 g/mol. The van der Waals surface area contributed by atoms with Crippen LogP contribution in [0.5, 0.6) is 0 Å². The number of benzene rings is 2. The summed E-state index contributed by atoms with van der Waals surface area (Å²) in [6, 6.07) is 15.3. The minimum Gasteiger partial charge on any atom is -0.459 e. The number of ether oxygens (including phenoxy) is 4. The van der Waals surface area contributed by atoms with Crippen molar-refractivity contribution in [3.05, 3.63) is 96.1 Å². The minimum absolute atomic E-state index is 0.0245. The molecule has 0 radical (unpaired) electrons. The number of carbonyl (C=O) groups excluding carboxylic acids is 6. The van der Waals surface area contributed by atoms with Crippen molar-refractivity contribution in [1.82, 2.24) is 0 Å². The van der Waals surface area contributed by atoms with Crippen molar-refractivity contribution in [2.45, 2.75) is 83.6 Å². The van der Waals surface area contributed by atoms with E-state index < -0.39 is 100 Å². The number of allylic oxidation sites excluding steroid dienone is 2. The van der Waals surface area contributed by atoms with Gasteiger partial charge in [0, 0.05) is 37.2 Å². The maximum absolute atomic E-state index is 14.7. The van der Waals surface area contributed by atoms with Gasteiger partial charge in [0.2, 0.25) is 0 Å². The van der Waals surface area contributed by atoms with Gasteiger partial charge in [-0.1, -0.05) is 62.1 Å². The number of aliphatic hydroxyl groups excluding tert-OH is 1. The highest BCUT2D eigenvalue weighted by atomic mass is 16.6. The Morgan fingerprint density at radius 2 is 1.28 bits per heavy atom. The number of hydrogen-bond acceptors (Lipinski definition) is 12. The quantitative estimate of drug-likeness (QED) is 0.255. The molecule has 1 fully saturated rings. The minimum atomic E-state index is -2.35. The number of ketones is 2. The van der Waals surface area contributed by atoms with Crippen molar-refractivity contribution >= 4 is 35.4 Å². The Hall–Kier alpha value is -4.94. The lowest BCUT2D eigenvalue weighted by atomic mass is 9.72. The smallest absolute Gasteiger partial charge is 0.338 e. The van der Waals surface area contributed by atoms with Gasteiger partial charge in [0.25, 0.3) is 0 Å². The summed E-state index contributed by atoms with van der Waals surface area (Å²) in [5, 5.41) is 23.6. The van der Waals surface area contributed by atoms with Crippen molar-refractivity contribution < 1.29 is 57.9 Å². The molecule has 2 aliphatic carbocycles. The molecule has 2 aromatic rings. The summed E-state index contributed by atoms with van der Waals surface area (Å²) < 4.78 is 23.3. The predicted molar refractivity (Wildman–Crippen MR) is 177 cm³/mol. The molecule has 1 saturated carbocycles. The Morgan fingerprint density at radius 1 is 0.780 bits per heavy atom. The van der Waals surface area contributed by atoms with Gasteiger partial charge in [0.15, 0.2) is 29.4 Å². The molecule has 12 heteroatoms. The number of carbonyl (C=O) groups is 6. The highest BCUT2D eigenvalue weighted by molar-refractivity contribution is 5.96. The van der Waals surface area contributed by atoms with Gasteiger partial charge in [0.05, 0.1) is 17.0 Å². The van der Waals surface area contributed by atoms with Crippen LogP contribution in [0, 0.1) is 17.3 Å². The van der Waals surface area contributed by atoms with Crippen molar-refractivity contribution in [3.63, 3.8) is 0 Å². The summed E-state index contributed by atoms with van der Waals surface area (Å²) in [6.45, 7) is 11.8. The van der Waals surface area contributed by atoms with E-state index in [4.69, 9.17) is 18.9 Å². The topological polar surface area (TPSA) is 180 Å². The van der Waals surface area contributed by atoms with Crippen LogP contribution in [0.1, 0.15) is 68.7 Å². The Kier molecular flexibility index (Phi) is 11.0. The van der Waals surface area contributed by atoms with Crippen LogP contribution < -0.4 is 0 Å². The lowest BCUT2D eigenvalue weighted by Gasteiger charge is -2.42. The van der Waals surface area contributed by atoms with Crippen LogP contribution in [0.25, 0.3) is 0 Å². The molecule has 0 bridgehead atoms. The molecule has 2 aliphatic rings. The van der Waals surface area contributed by atoms with Crippen LogP contribution in [0.4, 0.5) is 0 Å². The molecule has 0 aromatic heterocycles. The molecule has 50 heavy (non-hydrogen) atoms. The molecule has 12 nitrogen and oxygen atoms in total. The van der Waals surface area contributed by atoms with E-state index in [1.807, 2.05) is 0 Å². The molecule has 4 rings (SSSR count). The van der Waals surface area contributed by atoms with Gasteiger partial charge in [-0.2, -0.15) is 0 Å². The fraction of sp³-hybridized carbons (Fsp3) is 0.421. The van der Waals surface area contributed by atoms with Gasteiger partial charge in [-0.15, -0.1) is 0 Å². The number of aliphatic hydroxyl groups is 2. The Morgan fingerprint density at radius 3 is 1.76 bits per heavy atom. The van der Waals surface area contributed by atoms with Gasteiger partial charge < -0.3 is 29.2 Å². The lowest BCUT2D eigenvalue weighted by Crippen LogP contribution is -2.58. The molecule has 0 saturated heterocycles. The van der Waals surface area contributed by atoms with Crippen molar-refractivity contribution in [2.75, 3.05) is 0 Å². The zero-order valence-electron chi connectivity index (χ0n) is 28.8. The largest absolute Gasteiger partial charge is 0.459 e. The number of rotatable bonds is 6. The fourth-order valence-electron chi connectivity index (χ4n) is 6.68. The van der Waals surface area contributed by atoms with Crippen LogP contribution in [0.15, 0.2) is 85.0 Å². The molecule has 2 N–H and O–H groups in total. The SMILES string of the molecule is C=C1[C@H](OC(=O)c2ccccc2)C2[C@@H](OC(C)=O)[C@](C)(O)C[C@]2(OC(C)=O)C(=O)[C@@H](C)/C=C/C(C)(C)C(=O)[C@H](O)[C@H]1OC(=O)c1ccccc1. The van der Waals surface area contributed by atoms with Gasteiger partial charge >= 0.3 is 23.9 Å². The van der Waals surface area contributed by atoms with Crippen molar-refractivity contribution in [2.24, 2.45) is 17.3 Å². The van der Waals surface area contributed by atoms with Crippen LogP contribution in [-0.2, 0) is 38.1 Å². The standard InChI is InChI=1S/C38H42O12/c1-21-18-19-36(5,6)32(43)28(41)30(49-35(45)26-16-12-9-13-17-26)22(2)29(48-34(44)25-14-10-8-11-15-25)27-33(47-23(3)39)37(7,46)20-38(27,31(21)42)50-24(4)40/h8-19,21,27-30,33,41,46H,2,20H2,1,3-7H3/b19-18+/t21-,27?,28+,29-,30-,33+,37+,38+/m0/s1. The van der Waals surface area contributed by atoms with Gasteiger partial charge in [-0.05, 0) is 45.0 Å². The first-order chi connectivity index (χ1) is 23.3. The summed E-state index contributed by atoms with van der Waals surface area (Å²) in [5.74, 6) is -8.28. The van der Waals surface area contributed by atoms with E-state index in [2.05, 4.69) is 6.58 Å². The average Bonchev–Trinajstić information content (AvgIpc) is 3.28. The van der Waals surface area contributed by atoms with Crippen molar-refractivity contribution in [1.29, 1.82) is 0 Å². The molecule has 0 amide bonds. The summed E-state index contributed by atoms with van der Waals surface area (Å²) in [7, 11) is 0. The highest BCUT2D eigenvalue weighted by Gasteiger charge is 2.70. The number of esters is 4. The number of fused-ring (bicyclic) bond motifs is 1. The van der Waals surface area contributed by atoms with E-state index in [1.54, 1.807) is 36.4 Å². The Labute approximate surface area is 290 Å². The van der Waals surface area contributed by atoms with Crippen LogP contribution >= 0.6 is 0 Å². The van der Waals surface area contributed by atoms with Gasteiger partial charge in [-0.25, -0.2) is 9.59 Å². The summed E-state index contributed by atoms with van der Waals surface area (Å²) in [4.78, 5) is 81.3. The molecule has 0 spiro atoms. The number of Topliss-reactive ketones (excluding diaryl/α,β-unsaturated/α-hetero) is 2. The van der Waals surface area contributed by atoms with E-state index in [-0.39, 0.29) is 11.1 Å².